The van der Waals surface area contributed by atoms with E-state index in [0.717, 1.165) is 0 Å². The summed E-state index contributed by atoms with van der Waals surface area (Å²) < 4.78 is 62.7. The van der Waals surface area contributed by atoms with E-state index < -0.39 is 41.7 Å². The van der Waals surface area contributed by atoms with Gasteiger partial charge < -0.3 is 5.73 Å². The quantitative estimate of drug-likeness (QED) is 0.665. The number of nitrogens with two attached hydrogens (primary N) is 1. The molecule has 1 aromatic heterocycles. The van der Waals surface area contributed by atoms with Crippen LogP contribution in [0.2, 0.25) is 0 Å². The summed E-state index contributed by atoms with van der Waals surface area (Å²) in [6.07, 6.45) is -8.27. The van der Waals surface area contributed by atoms with Gasteiger partial charge >= 0.3 is 6.18 Å². The highest BCUT2D eigenvalue weighted by Crippen LogP contribution is 2.38. The maximum Gasteiger partial charge on any atom is 0.418 e. The van der Waals surface area contributed by atoms with Crippen molar-refractivity contribution in [2.24, 2.45) is 5.73 Å². The average molecular weight is 254 g/mol. The number of carbonyl (C=O) groups is 1. The monoisotopic (exact) mass is 254 g/mol. The lowest BCUT2D eigenvalue weighted by molar-refractivity contribution is -0.140. The maximum absolute atomic E-state index is 12.6. The summed E-state index contributed by atoms with van der Waals surface area (Å²) >= 11 is 0. The van der Waals surface area contributed by atoms with Crippen molar-refractivity contribution in [3.05, 3.63) is 28.6 Å². The molecule has 2 N–H and O–H groups in total. The normalized spacial score (nSPS) is 11.9. The molecule has 1 rings (SSSR count). The van der Waals surface area contributed by atoms with Crippen molar-refractivity contribution in [3.63, 3.8) is 0 Å². The van der Waals surface area contributed by atoms with E-state index in [1.807, 2.05) is 0 Å². The Kier molecular flexibility index (Phi) is 3.76. The van der Waals surface area contributed by atoms with Gasteiger partial charge in [-0.15, -0.1) is 0 Å². The zero-order valence-electron chi connectivity index (χ0n) is 8.26. The number of halogens is 5. The Balaban J connectivity index is 3.58. The van der Waals surface area contributed by atoms with Crippen LogP contribution in [0, 0.1) is 0 Å². The molecule has 0 saturated heterocycles. The molecule has 0 aliphatic rings. The van der Waals surface area contributed by atoms with Crippen LogP contribution in [-0.2, 0) is 12.7 Å². The van der Waals surface area contributed by atoms with Crippen LogP contribution >= 0.6 is 0 Å². The Labute approximate surface area is 92.4 Å². The first kappa shape index (κ1) is 13.5. The van der Waals surface area contributed by atoms with Crippen molar-refractivity contribution < 1.29 is 26.7 Å². The van der Waals surface area contributed by atoms with Gasteiger partial charge in [-0.2, -0.15) is 13.2 Å². The first-order valence-electron chi connectivity index (χ1n) is 4.35. The fourth-order valence-electron chi connectivity index (χ4n) is 1.35. The number of rotatable bonds is 3. The summed E-state index contributed by atoms with van der Waals surface area (Å²) in [6, 6.07) is 0.416. The van der Waals surface area contributed by atoms with Crippen molar-refractivity contribution in [2.75, 3.05) is 0 Å². The second kappa shape index (κ2) is 4.74. The molecule has 94 valence electrons. The van der Waals surface area contributed by atoms with E-state index in [9.17, 15) is 26.7 Å². The molecule has 0 radical (unpaired) electrons. The SMILES string of the molecule is NCc1nc(C=O)cc(C(F)F)c1C(F)(F)F. The summed E-state index contributed by atoms with van der Waals surface area (Å²) in [5.74, 6) is 0. The van der Waals surface area contributed by atoms with E-state index >= 15 is 0 Å². The summed E-state index contributed by atoms with van der Waals surface area (Å²) in [4.78, 5) is 13.7. The van der Waals surface area contributed by atoms with E-state index in [4.69, 9.17) is 5.73 Å². The van der Waals surface area contributed by atoms with Gasteiger partial charge in [-0.05, 0) is 6.07 Å². The lowest BCUT2D eigenvalue weighted by atomic mass is 10.0. The molecule has 0 aliphatic carbocycles. The van der Waals surface area contributed by atoms with Crippen LogP contribution in [0.15, 0.2) is 6.07 Å². The Morgan fingerprint density at radius 1 is 1.41 bits per heavy atom. The lowest BCUT2D eigenvalue weighted by Crippen LogP contribution is -2.18. The molecule has 0 bridgehead atoms. The van der Waals surface area contributed by atoms with Crippen LogP contribution in [-0.4, -0.2) is 11.3 Å². The Hall–Kier alpha value is -1.57. The zero-order chi connectivity index (χ0) is 13.2. The maximum atomic E-state index is 12.6. The predicted molar refractivity (Wildman–Crippen MR) is 47.5 cm³/mol. The van der Waals surface area contributed by atoms with Gasteiger partial charge in [-0.25, -0.2) is 13.8 Å². The van der Waals surface area contributed by atoms with Crippen molar-refractivity contribution in [1.29, 1.82) is 0 Å². The van der Waals surface area contributed by atoms with E-state index in [-0.39, 0.29) is 6.29 Å². The third-order valence-corrected chi connectivity index (χ3v) is 1.98. The van der Waals surface area contributed by atoms with Crippen molar-refractivity contribution >= 4 is 6.29 Å². The number of nitrogens with zero attached hydrogens (tertiary/aromatic N) is 1. The van der Waals surface area contributed by atoms with E-state index in [0.29, 0.717) is 6.07 Å². The van der Waals surface area contributed by atoms with Crippen molar-refractivity contribution in [2.45, 2.75) is 19.1 Å². The van der Waals surface area contributed by atoms with E-state index in [1.54, 1.807) is 0 Å². The highest BCUT2D eigenvalue weighted by Gasteiger charge is 2.39. The van der Waals surface area contributed by atoms with Gasteiger partial charge in [0.2, 0.25) is 0 Å². The van der Waals surface area contributed by atoms with Gasteiger partial charge in [-0.1, -0.05) is 0 Å². The molecule has 3 nitrogen and oxygen atoms in total. The molecule has 1 heterocycles. The molecular formula is C9H7F5N2O. The summed E-state index contributed by atoms with van der Waals surface area (Å²) in [5.41, 5.74) is 0.893. The smallest absolute Gasteiger partial charge is 0.325 e. The molecular weight excluding hydrogens is 247 g/mol. The molecule has 0 aromatic carbocycles. The van der Waals surface area contributed by atoms with Gasteiger partial charge in [0.25, 0.3) is 6.43 Å². The van der Waals surface area contributed by atoms with E-state index in [1.165, 1.54) is 0 Å². The highest BCUT2D eigenvalue weighted by atomic mass is 19.4. The van der Waals surface area contributed by atoms with Gasteiger partial charge in [0, 0.05) is 12.1 Å². The largest absolute Gasteiger partial charge is 0.418 e. The molecule has 0 unspecified atom stereocenters. The number of alkyl halides is 5. The van der Waals surface area contributed by atoms with Crippen LogP contribution < -0.4 is 5.73 Å². The third kappa shape index (κ3) is 2.76. The Bertz CT molecular complexity index is 430. The van der Waals surface area contributed by atoms with Gasteiger partial charge in [0.15, 0.2) is 6.29 Å². The molecule has 17 heavy (non-hydrogen) atoms. The minimum atomic E-state index is -4.99. The predicted octanol–water partition coefficient (Wildman–Crippen LogP) is 2.31. The van der Waals surface area contributed by atoms with Crippen LogP contribution in [0.1, 0.15) is 33.7 Å². The Morgan fingerprint density at radius 2 is 2.00 bits per heavy atom. The number of hydrogen-bond donors (Lipinski definition) is 1. The molecule has 8 heteroatoms. The number of pyridine rings is 1. The lowest BCUT2D eigenvalue weighted by Gasteiger charge is -2.16. The highest BCUT2D eigenvalue weighted by molar-refractivity contribution is 5.72. The Morgan fingerprint density at radius 3 is 2.35 bits per heavy atom. The molecule has 1 aromatic rings. The fraction of sp³-hybridized carbons (Fsp3) is 0.333. The number of aromatic nitrogens is 1. The van der Waals surface area contributed by atoms with Crippen molar-refractivity contribution in [1.82, 2.24) is 4.98 Å². The second-order valence-electron chi connectivity index (χ2n) is 3.08. The van der Waals surface area contributed by atoms with Crippen LogP contribution in [0.5, 0.6) is 0 Å². The van der Waals surface area contributed by atoms with Gasteiger partial charge in [0.1, 0.15) is 5.69 Å². The zero-order valence-corrected chi connectivity index (χ0v) is 8.26. The molecule has 0 atom stereocenters. The first-order valence-corrected chi connectivity index (χ1v) is 4.35. The molecule has 0 saturated carbocycles. The van der Waals surface area contributed by atoms with Crippen LogP contribution in [0.3, 0.4) is 0 Å². The first-order chi connectivity index (χ1) is 7.81. The molecule has 0 aliphatic heterocycles. The van der Waals surface area contributed by atoms with Crippen molar-refractivity contribution in [3.8, 4) is 0 Å². The summed E-state index contributed by atoms with van der Waals surface area (Å²) in [7, 11) is 0. The number of hydrogen-bond acceptors (Lipinski definition) is 3. The topological polar surface area (TPSA) is 56.0 Å². The number of carbonyl (C=O) groups excluding carboxylic acids is 1. The summed E-state index contributed by atoms with van der Waals surface area (Å²) in [6.45, 7) is -0.684. The second-order valence-corrected chi connectivity index (χ2v) is 3.08. The standard InChI is InChI=1S/C9H7F5N2O/c10-8(11)5-1-4(3-17)16-6(2-15)7(5)9(12,13)14/h1,3,8H,2,15H2. The van der Waals surface area contributed by atoms with Crippen LogP contribution in [0.25, 0.3) is 0 Å². The minimum Gasteiger partial charge on any atom is -0.325 e. The summed E-state index contributed by atoms with van der Waals surface area (Å²) in [5, 5.41) is 0. The number of aldehydes is 1. The van der Waals surface area contributed by atoms with E-state index in [2.05, 4.69) is 4.98 Å². The third-order valence-electron chi connectivity index (χ3n) is 1.98. The fourth-order valence-corrected chi connectivity index (χ4v) is 1.35. The minimum absolute atomic E-state index is 0.0885. The molecule has 0 amide bonds. The van der Waals surface area contributed by atoms with Gasteiger partial charge in [-0.3, -0.25) is 4.79 Å². The van der Waals surface area contributed by atoms with Crippen LogP contribution in [0.4, 0.5) is 22.0 Å². The average Bonchev–Trinajstić information content (AvgIpc) is 2.25. The molecule has 0 fully saturated rings. The molecule has 0 spiro atoms. The van der Waals surface area contributed by atoms with Gasteiger partial charge in [0.05, 0.1) is 11.3 Å².